The van der Waals surface area contributed by atoms with Crippen molar-refractivity contribution < 1.29 is 52.1 Å². The number of thiophene rings is 1. The molecule has 1 saturated carbocycles. The van der Waals surface area contributed by atoms with Crippen LogP contribution in [0, 0.1) is 11.8 Å². The Morgan fingerprint density at radius 2 is 1.59 bits per heavy atom. The van der Waals surface area contributed by atoms with Crippen LogP contribution < -0.4 is 25.6 Å². The van der Waals surface area contributed by atoms with E-state index in [1.54, 1.807) is 51.7 Å². The molecule has 2 bridgehead atoms. The molecule has 0 radical (unpaired) electrons. The van der Waals surface area contributed by atoms with Gasteiger partial charge in [0.2, 0.25) is 21.8 Å². The number of imide groups is 1. The third-order valence-electron chi connectivity index (χ3n) is 14.0. The minimum Gasteiger partial charge on any atom is -0.479 e. The van der Waals surface area contributed by atoms with E-state index in [0.29, 0.717) is 72.0 Å². The molecule has 3 unspecified atom stereocenters. The van der Waals surface area contributed by atoms with Crippen molar-refractivity contribution in [3.05, 3.63) is 105 Å². The van der Waals surface area contributed by atoms with Crippen molar-refractivity contribution in [3.63, 3.8) is 0 Å². The third kappa shape index (κ3) is 8.88. The Kier molecular flexibility index (Phi) is 12.3. The highest BCUT2D eigenvalue weighted by Gasteiger charge is 2.46. The highest BCUT2D eigenvalue weighted by Crippen LogP contribution is 2.47. The topological polar surface area (TPSA) is 232 Å². The van der Waals surface area contributed by atoms with Crippen LogP contribution >= 0.6 is 22.9 Å². The number of urea groups is 1. The van der Waals surface area contributed by atoms with Gasteiger partial charge in [0.25, 0.3) is 5.91 Å². The Morgan fingerprint density at radius 1 is 0.870 bits per heavy atom. The number of aliphatic carboxylic acids is 1. The number of carboxylic acids is 2. The van der Waals surface area contributed by atoms with Gasteiger partial charge in [0.15, 0.2) is 17.2 Å². The normalized spacial score (nSPS) is 21.7. The number of anilines is 3. The van der Waals surface area contributed by atoms with Crippen LogP contribution in [0.15, 0.2) is 78.9 Å². The van der Waals surface area contributed by atoms with E-state index < -0.39 is 40.5 Å². The molecule has 69 heavy (non-hydrogen) atoms. The summed E-state index contributed by atoms with van der Waals surface area (Å²) in [5.74, 6) is -3.88. The first kappa shape index (κ1) is 46.2. The van der Waals surface area contributed by atoms with Crippen molar-refractivity contribution in [2.24, 2.45) is 11.8 Å². The Morgan fingerprint density at radius 3 is 2.32 bits per heavy atom. The van der Waals surface area contributed by atoms with Gasteiger partial charge in [0.05, 0.1) is 16.3 Å². The number of benzene rings is 4. The maximum Gasteiger partial charge on any atom is 0.349 e. The molecule has 1 aliphatic carbocycles. The van der Waals surface area contributed by atoms with Crippen LogP contribution in [0.25, 0.3) is 21.2 Å². The number of fused-ring (bicyclic) bond motifs is 2. The fraction of sp³-hybridized carbons (Fsp3) is 0.347. The van der Waals surface area contributed by atoms with Gasteiger partial charge in [0.1, 0.15) is 11.1 Å². The summed E-state index contributed by atoms with van der Waals surface area (Å²) < 4.78 is 34.8. The summed E-state index contributed by atoms with van der Waals surface area (Å²) in [6, 6.07) is 22.7. The van der Waals surface area contributed by atoms with Gasteiger partial charge in [0, 0.05) is 61.0 Å². The van der Waals surface area contributed by atoms with Crippen LogP contribution in [0.2, 0.25) is 5.02 Å². The van der Waals surface area contributed by atoms with Gasteiger partial charge in [-0.25, -0.2) is 27.1 Å². The molecule has 358 valence electrons. The van der Waals surface area contributed by atoms with E-state index in [4.69, 9.17) is 21.4 Å². The van der Waals surface area contributed by atoms with Crippen molar-refractivity contribution in [2.45, 2.75) is 62.3 Å². The Labute approximate surface area is 405 Å². The SMILES string of the molecule is O=C(O)COc1c(C(=O)O)sc(-c2cccc(NC3C4CCC3CN(S(=O)(=O)Cc3cccc(NC(=O)N5CCC(c6ccc7c8c(cccc68)C(=O)N7C6CCC(=O)NC6=O)CC5)c3)C4)c2)c1Cl. The van der Waals surface area contributed by atoms with Gasteiger partial charge >= 0.3 is 18.0 Å². The Hall–Kier alpha value is -6.54. The van der Waals surface area contributed by atoms with Crippen molar-refractivity contribution in [3.8, 4) is 16.2 Å². The molecule has 3 atom stereocenters. The van der Waals surface area contributed by atoms with Gasteiger partial charge in [-0.15, -0.1) is 11.3 Å². The van der Waals surface area contributed by atoms with Crippen LogP contribution in [0.4, 0.5) is 21.9 Å². The molecule has 20 heteroatoms. The second kappa shape index (κ2) is 18.4. The number of hydrogen-bond acceptors (Lipinski definition) is 11. The van der Waals surface area contributed by atoms with E-state index in [0.717, 1.165) is 46.2 Å². The predicted octanol–water partition coefficient (Wildman–Crippen LogP) is 7.21. The summed E-state index contributed by atoms with van der Waals surface area (Å²) in [7, 11) is -3.74. The number of nitrogens with one attached hydrogen (secondary N) is 3. The first-order valence-electron chi connectivity index (χ1n) is 22.8. The number of sulfonamides is 1. The summed E-state index contributed by atoms with van der Waals surface area (Å²) in [4.78, 5) is 78.4. The monoisotopic (exact) mass is 994 g/mol. The van der Waals surface area contributed by atoms with E-state index in [1.807, 2.05) is 36.4 Å². The van der Waals surface area contributed by atoms with Gasteiger partial charge in [-0.1, -0.05) is 54.1 Å². The number of nitrogens with zero attached hydrogens (tertiary/aromatic N) is 3. The van der Waals surface area contributed by atoms with Crippen LogP contribution in [0.1, 0.15) is 75.6 Å². The van der Waals surface area contributed by atoms with E-state index in [-0.39, 0.29) is 75.9 Å². The summed E-state index contributed by atoms with van der Waals surface area (Å²) in [6.07, 6.45) is 3.46. The molecule has 10 rings (SSSR count). The summed E-state index contributed by atoms with van der Waals surface area (Å²) in [6.45, 7) is 0.897. The fourth-order valence-corrected chi connectivity index (χ4v) is 13.9. The zero-order chi connectivity index (χ0) is 48.3. The minimum absolute atomic E-state index is 0.00946. The molecular weight excluding hydrogens is 948 g/mol. The number of hydrogen-bond donors (Lipinski definition) is 5. The van der Waals surface area contributed by atoms with Gasteiger partial charge in [-0.2, -0.15) is 0 Å². The largest absolute Gasteiger partial charge is 0.479 e. The molecule has 1 aromatic heterocycles. The molecule has 4 fully saturated rings. The molecule has 5 aromatic rings. The lowest BCUT2D eigenvalue weighted by atomic mass is 9.85. The molecule has 3 saturated heterocycles. The molecule has 4 aromatic carbocycles. The van der Waals surface area contributed by atoms with Crippen molar-refractivity contribution in [2.75, 3.05) is 48.3 Å². The lowest BCUT2D eigenvalue weighted by Gasteiger charge is -2.38. The first-order chi connectivity index (χ1) is 33.1. The zero-order valence-corrected chi connectivity index (χ0v) is 39.4. The van der Waals surface area contributed by atoms with Crippen molar-refractivity contribution >= 4 is 96.5 Å². The van der Waals surface area contributed by atoms with E-state index in [1.165, 1.54) is 4.90 Å². The number of rotatable bonds is 13. The number of piperidine rings is 3. The molecular formula is C49H47ClN6O11S2. The lowest BCUT2D eigenvalue weighted by Crippen LogP contribution is -2.53. The maximum atomic E-state index is 14.0. The Bertz CT molecular complexity index is 3070. The van der Waals surface area contributed by atoms with Crippen LogP contribution in [0.5, 0.6) is 5.75 Å². The van der Waals surface area contributed by atoms with Crippen LogP contribution in [-0.2, 0) is 30.2 Å². The van der Waals surface area contributed by atoms with Crippen LogP contribution in [-0.4, -0.2) is 108 Å². The smallest absolute Gasteiger partial charge is 0.349 e. The first-order valence-corrected chi connectivity index (χ1v) is 25.6. The summed E-state index contributed by atoms with van der Waals surface area (Å²) in [5.41, 5.74) is 4.67. The molecule has 4 aliphatic heterocycles. The number of aromatic carboxylic acids is 1. The number of carbonyl (C=O) groups is 6. The average Bonchev–Trinajstić information content (AvgIpc) is 3.88. The highest BCUT2D eigenvalue weighted by atomic mass is 35.5. The number of carboxylic acid groups (broad SMARTS) is 2. The van der Waals surface area contributed by atoms with Gasteiger partial charge in [-0.05, 0) is 108 Å². The molecule has 5 amide bonds. The van der Waals surface area contributed by atoms with Gasteiger partial charge < -0.3 is 30.5 Å². The number of halogens is 1. The molecule has 5 heterocycles. The second-order valence-electron chi connectivity index (χ2n) is 18.2. The number of ether oxygens (including phenoxy) is 1. The van der Waals surface area contributed by atoms with Gasteiger partial charge in [-0.3, -0.25) is 24.6 Å². The molecule has 5 N–H and O–H groups in total. The second-order valence-corrected chi connectivity index (χ2v) is 21.6. The molecule has 17 nitrogen and oxygen atoms in total. The third-order valence-corrected chi connectivity index (χ3v) is 17.5. The highest BCUT2D eigenvalue weighted by molar-refractivity contribution is 7.88. The number of carbonyl (C=O) groups excluding carboxylic acids is 4. The minimum atomic E-state index is -3.74. The van der Waals surface area contributed by atoms with Crippen molar-refractivity contribution in [1.29, 1.82) is 0 Å². The maximum absolute atomic E-state index is 14.0. The summed E-state index contributed by atoms with van der Waals surface area (Å²) in [5, 5.41) is 29.5. The van der Waals surface area contributed by atoms with E-state index >= 15 is 0 Å². The summed E-state index contributed by atoms with van der Waals surface area (Å²) >= 11 is 7.44. The standard InChI is InChI=1S/C49H47ClN6O11S2/c50-41-43(67-24-39(58)59)45(48(62)63)68-44(41)28-5-2-7-32(21-28)51-42-29-10-11-30(42)23-55(22-29)69(65,66)25-26-4-1-6-31(20-26)52-49(64)54-18-16-27(17-19-54)33-12-13-36-40-34(33)8-3-9-35(40)47(61)56(36)37-14-15-38(57)53-46(37)60/h1-9,12-13,20-21,27,29-30,37,42,51H,10-11,14-19,22-25H2,(H,52,64)(H,58,59)(H,62,63)(H,53,57,60). The Balaban J connectivity index is 0.748. The quantitative estimate of drug-likeness (QED) is 0.0737. The fourth-order valence-electron chi connectivity index (χ4n) is 10.8. The number of amides is 5. The van der Waals surface area contributed by atoms with E-state index in [2.05, 4.69) is 16.0 Å². The molecule has 5 aliphatic rings. The zero-order valence-electron chi connectivity index (χ0n) is 37.0. The lowest BCUT2D eigenvalue weighted by molar-refractivity contribution is -0.139. The average molecular weight is 996 g/mol. The van der Waals surface area contributed by atoms with E-state index in [9.17, 15) is 42.3 Å². The molecule has 0 spiro atoms. The number of likely N-dealkylation sites (tertiary alicyclic amines) is 1. The van der Waals surface area contributed by atoms with Crippen LogP contribution in [0.3, 0.4) is 0 Å². The predicted molar refractivity (Wildman–Crippen MR) is 259 cm³/mol. The van der Waals surface area contributed by atoms with Crippen molar-refractivity contribution in [1.82, 2.24) is 14.5 Å².